The summed E-state index contributed by atoms with van der Waals surface area (Å²) >= 11 is 0. The molecule has 0 bridgehead atoms. The van der Waals surface area contributed by atoms with Crippen LogP contribution in [0.5, 0.6) is 0 Å². The van der Waals surface area contributed by atoms with Gasteiger partial charge >= 0.3 is 0 Å². The summed E-state index contributed by atoms with van der Waals surface area (Å²) in [6.45, 7) is 8.67. The molecule has 7 heteroatoms. The summed E-state index contributed by atoms with van der Waals surface area (Å²) in [5.74, 6) is 0.626. The largest absolute Gasteiger partial charge is 0.352 e. The number of carbonyl (C=O) groups is 1. The monoisotopic (exact) mass is 390 g/mol. The van der Waals surface area contributed by atoms with Crippen molar-refractivity contribution in [2.45, 2.75) is 26.4 Å². The van der Waals surface area contributed by atoms with Crippen molar-refractivity contribution in [3.8, 4) is 0 Å². The van der Waals surface area contributed by atoms with Gasteiger partial charge < -0.3 is 10.2 Å². The van der Waals surface area contributed by atoms with Crippen molar-refractivity contribution in [3.05, 3.63) is 60.0 Å². The Hall–Kier alpha value is -3.06. The van der Waals surface area contributed by atoms with Gasteiger partial charge in [-0.2, -0.15) is 0 Å². The van der Waals surface area contributed by atoms with Gasteiger partial charge in [0.2, 0.25) is 0 Å². The van der Waals surface area contributed by atoms with Crippen molar-refractivity contribution in [3.63, 3.8) is 0 Å². The molecule has 0 radical (unpaired) electrons. The molecule has 29 heavy (non-hydrogen) atoms. The van der Waals surface area contributed by atoms with Crippen molar-refractivity contribution in [1.82, 2.24) is 25.4 Å². The lowest BCUT2D eigenvalue weighted by atomic mass is 10.1. The fraction of sp³-hybridized carbons (Fsp3) is 0.364. The van der Waals surface area contributed by atoms with E-state index in [0.717, 1.165) is 48.3 Å². The minimum absolute atomic E-state index is 0.228. The summed E-state index contributed by atoms with van der Waals surface area (Å²) in [5.41, 5.74) is 1.30. The molecule has 0 saturated carbocycles. The normalized spacial score (nSPS) is 15.1. The van der Waals surface area contributed by atoms with E-state index in [9.17, 15) is 4.79 Å². The Morgan fingerprint density at radius 2 is 1.79 bits per heavy atom. The molecular weight excluding hydrogens is 364 g/mol. The molecule has 150 valence electrons. The van der Waals surface area contributed by atoms with Crippen molar-refractivity contribution < 1.29 is 4.79 Å². The number of carbonyl (C=O) groups excluding carboxylic acids is 1. The number of nitrogens with one attached hydrogen (secondary N) is 1. The zero-order valence-electron chi connectivity index (χ0n) is 16.9. The van der Waals surface area contributed by atoms with Crippen molar-refractivity contribution >= 4 is 22.5 Å². The SMILES string of the molecule is CC(C)N1CCN(c2nnc(C(=O)NCc3cccnc3)c3ccccc23)CC1. The van der Waals surface area contributed by atoms with Gasteiger partial charge in [0, 0.05) is 61.9 Å². The molecule has 1 aliphatic rings. The predicted octanol–water partition coefficient (Wildman–Crippen LogP) is 2.49. The molecular formula is C22H26N6O. The first-order chi connectivity index (χ1) is 14.1. The number of benzene rings is 1. The maximum atomic E-state index is 12.8. The Balaban J connectivity index is 1.56. The molecule has 0 atom stereocenters. The highest BCUT2D eigenvalue weighted by Crippen LogP contribution is 2.27. The Bertz CT molecular complexity index is 983. The Labute approximate surface area is 170 Å². The zero-order chi connectivity index (χ0) is 20.2. The highest BCUT2D eigenvalue weighted by molar-refractivity contribution is 6.07. The third kappa shape index (κ3) is 4.19. The van der Waals surface area contributed by atoms with Crippen molar-refractivity contribution in [2.75, 3.05) is 31.1 Å². The maximum absolute atomic E-state index is 12.8. The van der Waals surface area contributed by atoms with E-state index in [1.165, 1.54) is 0 Å². The molecule has 1 amide bonds. The molecule has 7 nitrogen and oxygen atoms in total. The summed E-state index contributed by atoms with van der Waals surface area (Å²) in [7, 11) is 0. The van der Waals surface area contributed by atoms with Crippen LogP contribution in [0.2, 0.25) is 0 Å². The van der Waals surface area contributed by atoms with Crippen LogP contribution in [0.3, 0.4) is 0 Å². The zero-order valence-corrected chi connectivity index (χ0v) is 16.9. The van der Waals surface area contributed by atoms with Gasteiger partial charge in [-0.15, -0.1) is 10.2 Å². The average molecular weight is 390 g/mol. The number of anilines is 1. The number of rotatable bonds is 5. The molecule has 2 aromatic heterocycles. The second kappa shape index (κ2) is 8.53. The number of amides is 1. The summed E-state index contributed by atoms with van der Waals surface area (Å²) < 4.78 is 0. The third-order valence-electron chi connectivity index (χ3n) is 5.40. The van der Waals surface area contributed by atoms with Gasteiger partial charge in [0.25, 0.3) is 5.91 Å². The Kier molecular flexibility index (Phi) is 5.67. The fourth-order valence-electron chi connectivity index (χ4n) is 3.71. The third-order valence-corrected chi connectivity index (χ3v) is 5.40. The Morgan fingerprint density at radius 3 is 2.48 bits per heavy atom. The highest BCUT2D eigenvalue weighted by atomic mass is 16.1. The van der Waals surface area contributed by atoms with Gasteiger partial charge in [0.15, 0.2) is 11.5 Å². The van der Waals surface area contributed by atoms with Gasteiger partial charge in [-0.3, -0.25) is 14.7 Å². The first-order valence-corrected chi connectivity index (χ1v) is 10.0. The smallest absolute Gasteiger partial charge is 0.272 e. The second-order valence-electron chi connectivity index (χ2n) is 7.58. The average Bonchev–Trinajstić information content (AvgIpc) is 2.77. The van der Waals surface area contributed by atoms with E-state index in [1.807, 2.05) is 36.4 Å². The molecule has 1 aliphatic heterocycles. The molecule has 4 rings (SSSR count). The van der Waals surface area contributed by atoms with Gasteiger partial charge in [-0.05, 0) is 25.5 Å². The minimum Gasteiger partial charge on any atom is -0.352 e. The fourth-order valence-corrected chi connectivity index (χ4v) is 3.71. The molecule has 0 aliphatic carbocycles. The number of nitrogens with zero attached hydrogens (tertiary/aromatic N) is 5. The molecule has 1 fully saturated rings. The van der Waals surface area contributed by atoms with E-state index >= 15 is 0 Å². The molecule has 1 N–H and O–H groups in total. The number of aromatic nitrogens is 3. The van der Waals surface area contributed by atoms with E-state index in [-0.39, 0.29) is 5.91 Å². The van der Waals surface area contributed by atoms with Crippen molar-refractivity contribution in [1.29, 1.82) is 0 Å². The predicted molar refractivity (Wildman–Crippen MR) is 114 cm³/mol. The summed E-state index contributed by atoms with van der Waals surface area (Å²) in [4.78, 5) is 21.6. The molecule has 0 unspecified atom stereocenters. The topological polar surface area (TPSA) is 74.2 Å². The highest BCUT2D eigenvalue weighted by Gasteiger charge is 2.23. The van der Waals surface area contributed by atoms with Gasteiger partial charge in [-0.25, -0.2) is 0 Å². The first-order valence-electron chi connectivity index (χ1n) is 10.0. The number of hydrogen-bond donors (Lipinski definition) is 1. The minimum atomic E-state index is -0.228. The number of pyridine rings is 1. The quantitative estimate of drug-likeness (QED) is 0.722. The van der Waals surface area contributed by atoms with E-state index in [4.69, 9.17) is 0 Å². The molecule has 1 aromatic carbocycles. The van der Waals surface area contributed by atoms with Crippen LogP contribution in [0, 0.1) is 0 Å². The number of piperazine rings is 1. The van der Waals surface area contributed by atoms with Gasteiger partial charge in [-0.1, -0.05) is 30.3 Å². The lowest BCUT2D eigenvalue weighted by molar-refractivity contribution is 0.0947. The van der Waals surface area contributed by atoms with E-state index in [0.29, 0.717) is 18.3 Å². The van der Waals surface area contributed by atoms with Gasteiger partial charge in [0.05, 0.1) is 0 Å². The van der Waals surface area contributed by atoms with Crippen LogP contribution in [-0.4, -0.2) is 58.2 Å². The molecule has 3 heterocycles. The van der Waals surface area contributed by atoms with Crippen molar-refractivity contribution in [2.24, 2.45) is 0 Å². The van der Waals surface area contributed by atoms with E-state index < -0.39 is 0 Å². The van der Waals surface area contributed by atoms with E-state index in [1.54, 1.807) is 12.4 Å². The van der Waals surface area contributed by atoms with Crippen LogP contribution in [0.25, 0.3) is 10.8 Å². The molecule has 0 spiro atoms. The van der Waals surface area contributed by atoms with Crippen LogP contribution in [0.1, 0.15) is 29.9 Å². The number of hydrogen-bond acceptors (Lipinski definition) is 6. The van der Waals surface area contributed by atoms with Crippen LogP contribution < -0.4 is 10.2 Å². The molecule has 1 saturated heterocycles. The second-order valence-corrected chi connectivity index (χ2v) is 7.58. The summed E-state index contributed by atoms with van der Waals surface area (Å²) in [5, 5.41) is 13.5. The molecule has 3 aromatic rings. The van der Waals surface area contributed by atoms with Crippen LogP contribution >= 0.6 is 0 Å². The maximum Gasteiger partial charge on any atom is 0.272 e. The lowest BCUT2D eigenvalue weighted by Gasteiger charge is -2.37. The van der Waals surface area contributed by atoms with E-state index in [2.05, 4.69) is 44.1 Å². The first kappa shape index (κ1) is 19.3. The summed E-state index contributed by atoms with van der Waals surface area (Å²) in [6, 6.07) is 12.2. The Morgan fingerprint density at radius 1 is 1.03 bits per heavy atom. The van der Waals surface area contributed by atoms with Crippen LogP contribution in [0.4, 0.5) is 5.82 Å². The summed E-state index contributed by atoms with van der Waals surface area (Å²) in [6.07, 6.45) is 3.45. The standard InChI is InChI=1S/C22H26N6O/c1-16(2)27-10-12-28(13-11-27)21-19-8-4-3-7-18(19)20(25-26-21)22(29)24-15-17-6-5-9-23-14-17/h3-9,14,16H,10-13,15H2,1-2H3,(H,24,29). The van der Waals surface area contributed by atoms with Crippen LogP contribution in [-0.2, 0) is 6.54 Å². The number of fused-ring (bicyclic) bond motifs is 1. The lowest BCUT2D eigenvalue weighted by Crippen LogP contribution is -2.49. The van der Waals surface area contributed by atoms with Gasteiger partial charge in [0.1, 0.15) is 0 Å². The van der Waals surface area contributed by atoms with Crippen LogP contribution in [0.15, 0.2) is 48.8 Å².